The molecule has 3 fully saturated rings. The van der Waals surface area contributed by atoms with Gasteiger partial charge in [0.05, 0.1) is 4.87 Å². The van der Waals surface area contributed by atoms with Crippen molar-refractivity contribution in [2.45, 2.75) is 68.7 Å². The molecule has 1 saturated heterocycles. The van der Waals surface area contributed by atoms with Crippen LogP contribution in [0.5, 0.6) is 0 Å². The van der Waals surface area contributed by atoms with Crippen molar-refractivity contribution >= 4 is 17.7 Å². The van der Waals surface area contributed by atoms with Gasteiger partial charge in [0.2, 0.25) is 0 Å². The van der Waals surface area contributed by atoms with Gasteiger partial charge in [0, 0.05) is 0 Å². The Morgan fingerprint density at radius 2 is 1.78 bits per heavy atom. The molecule has 1 heterocycles. The predicted molar refractivity (Wildman–Crippen MR) is 73.7 cm³/mol. The van der Waals surface area contributed by atoms with Crippen molar-refractivity contribution < 1.29 is 9.90 Å². The average Bonchev–Trinajstić information content (AvgIpc) is 2.83. The summed E-state index contributed by atoms with van der Waals surface area (Å²) >= 11 is 1.98. The first kappa shape index (κ1) is 12.8. The van der Waals surface area contributed by atoms with Crippen LogP contribution >= 0.6 is 11.8 Å². The minimum Gasteiger partial charge on any atom is -0.480 e. The molecule has 0 radical (unpaired) electrons. The Balaban J connectivity index is 1.65. The Labute approximate surface area is 113 Å². The molecule has 0 amide bonds. The summed E-state index contributed by atoms with van der Waals surface area (Å²) in [7, 11) is 0. The SMILES string of the molecule is O=C(O)C1CCSC2(CCC3(CCCC3)CC2)N1. The molecule has 3 aliphatic rings. The van der Waals surface area contributed by atoms with E-state index in [2.05, 4.69) is 5.32 Å². The van der Waals surface area contributed by atoms with E-state index in [0.717, 1.165) is 12.2 Å². The molecule has 4 heteroatoms. The van der Waals surface area contributed by atoms with Crippen molar-refractivity contribution in [2.75, 3.05) is 5.75 Å². The lowest BCUT2D eigenvalue weighted by molar-refractivity contribution is -0.140. The largest absolute Gasteiger partial charge is 0.480 e. The topological polar surface area (TPSA) is 49.3 Å². The molecule has 0 bridgehead atoms. The molecule has 18 heavy (non-hydrogen) atoms. The number of rotatable bonds is 1. The van der Waals surface area contributed by atoms with Gasteiger partial charge in [-0.2, -0.15) is 0 Å². The lowest BCUT2D eigenvalue weighted by Gasteiger charge is -2.48. The number of aliphatic carboxylic acids is 1. The second-order valence-electron chi connectivity index (χ2n) is 6.37. The molecule has 2 N–H and O–H groups in total. The summed E-state index contributed by atoms with van der Waals surface area (Å²) in [6.07, 6.45) is 11.4. The standard InChI is InChI=1S/C14H23NO2S/c16-12(17)11-3-10-18-14(15-11)8-6-13(7-9-14)4-1-2-5-13/h11,15H,1-10H2,(H,16,17). The smallest absolute Gasteiger partial charge is 0.320 e. The molecule has 2 aliphatic carbocycles. The van der Waals surface area contributed by atoms with E-state index in [9.17, 15) is 9.90 Å². The van der Waals surface area contributed by atoms with Gasteiger partial charge >= 0.3 is 5.97 Å². The van der Waals surface area contributed by atoms with Gasteiger partial charge in [-0.3, -0.25) is 10.1 Å². The van der Waals surface area contributed by atoms with E-state index < -0.39 is 5.97 Å². The van der Waals surface area contributed by atoms with Crippen LogP contribution in [0.25, 0.3) is 0 Å². The summed E-state index contributed by atoms with van der Waals surface area (Å²) in [6.45, 7) is 0. The fourth-order valence-corrected chi connectivity index (χ4v) is 5.55. The molecule has 0 aromatic carbocycles. The second kappa shape index (κ2) is 4.71. The van der Waals surface area contributed by atoms with Crippen molar-refractivity contribution in [1.29, 1.82) is 0 Å². The summed E-state index contributed by atoms with van der Waals surface area (Å²) in [5.41, 5.74) is 0.629. The number of carboxylic acid groups (broad SMARTS) is 1. The predicted octanol–water partition coefficient (Wildman–Crippen LogP) is 3.00. The van der Waals surface area contributed by atoms with Gasteiger partial charge < -0.3 is 5.11 Å². The van der Waals surface area contributed by atoms with Crippen LogP contribution in [-0.2, 0) is 4.79 Å². The van der Waals surface area contributed by atoms with Crippen LogP contribution in [0.2, 0.25) is 0 Å². The monoisotopic (exact) mass is 269 g/mol. The Kier molecular flexibility index (Phi) is 3.35. The van der Waals surface area contributed by atoms with Crippen LogP contribution in [0.3, 0.4) is 0 Å². The maximum atomic E-state index is 11.2. The third kappa shape index (κ3) is 2.29. The first-order chi connectivity index (χ1) is 8.63. The quantitative estimate of drug-likeness (QED) is 0.768. The van der Waals surface area contributed by atoms with Crippen molar-refractivity contribution in [3.63, 3.8) is 0 Å². The van der Waals surface area contributed by atoms with Crippen molar-refractivity contribution in [3.8, 4) is 0 Å². The van der Waals surface area contributed by atoms with Crippen molar-refractivity contribution in [3.05, 3.63) is 0 Å². The highest BCUT2D eigenvalue weighted by Gasteiger charge is 2.46. The zero-order chi connectivity index (χ0) is 12.6. The molecular weight excluding hydrogens is 246 g/mol. The number of carbonyl (C=O) groups is 1. The summed E-state index contributed by atoms with van der Waals surface area (Å²) in [5.74, 6) is 0.326. The molecule has 1 atom stereocenters. The number of hydrogen-bond acceptors (Lipinski definition) is 3. The van der Waals surface area contributed by atoms with Gasteiger partial charge in [-0.1, -0.05) is 12.8 Å². The minimum absolute atomic E-state index is 0.0785. The summed E-state index contributed by atoms with van der Waals surface area (Å²) < 4.78 is 0. The normalized spacial score (nSPS) is 33.9. The number of carboxylic acids is 1. The summed E-state index contributed by atoms with van der Waals surface area (Å²) in [4.78, 5) is 11.2. The Bertz CT molecular complexity index is 329. The summed E-state index contributed by atoms with van der Waals surface area (Å²) in [5, 5.41) is 12.6. The van der Waals surface area contributed by atoms with Crippen LogP contribution < -0.4 is 5.32 Å². The molecule has 1 unspecified atom stereocenters. The van der Waals surface area contributed by atoms with Gasteiger partial charge in [-0.25, -0.2) is 0 Å². The maximum Gasteiger partial charge on any atom is 0.320 e. The van der Waals surface area contributed by atoms with Gasteiger partial charge in [-0.15, -0.1) is 11.8 Å². The highest BCUT2D eigenvalue weighted by molar-refractivity contribution is 8.00. The van der Waals surface area contributed by atoms with E-state index in [1.54, 1.807) is 0 Å². The molecule has 1 aliphatic heterocycles. The maximum absolute atomic E-state index is 11.2. The Morgan fingerprint density at radius 1 is 1.11 bits per heavy atom. The Morgan fingerprint density at radius 3 is 2.39 bits per heavy atom. The van der Waals surface area contributed by atoms with E-state index in [0.29, 0.717) is 5.41 Å². The van der Waals surface area contributed by atoms with E-state index >= 15 is 0 Å². The fraction of sp³-hybridized carbons (Fsp3) is 0.929. The van der Waals surface area contributed by atoms with Crippen LogP contribution in [0.1, 0.15) is 57.8 Å². The van der Waals surface area contributed by atoms with Crippen LogP contribution in [0.4, 0.5) is 0 Å². The zero-order valence-electron chi connectivity index (χ0n) is 10.9. The molecule has 102 valence electrons. The molecule has 3 rings (SSSR count). The zero-order valence-corrected chi connectivity index (χ0v) is 11.7. The van der Waals surface area contributed by atoms with Crippen molar-refractivity contribution in [2.24, 2.45) is 5.41 Å². The number of nitrogens with one attached hydrogen (secondary N) is 1. The Hall–Kier alpha value is -0.220. The van der Waals surface area contributed by atoms with E-state index in [4.69, 9.17) is 0 Å². The third-order valence-corrected chi connectivity index (χ3v) is 6.82. The van der Waals surface area contributed by atoms with Crippen molar-refractivity contribution in [1.82, 2.24) is 5.32 Å². The van der Waals surface area contributed by atoms with Gasteiger partial charge in [0.1, 0.15) is 6.04 Å². The van der Waals surface area contributed by atoms with Crippen LogP contribution in [0, 0.1) is 5.41 Å². The second-order valence-corrected chi connectivity index (χ2v) is 7.85. The van der Waals surface area contributed by atoms with Gasteiger partial charge in [0.25, 0.3) is 0 Å². The number of hydrogen-bond donors (Lipinski definition) is 2. The first-order valence-electron chi connectivity index (χ1n) is 7.28. The highest BCUT2D eigenvalue weighted by atomic mass is 32.2. The summed E-state index contributed by atoms with van der Waals surface area (Å²) in [6, 6.07) is -0.316. The van der Waals surface area contributed by atoms with E-state index in [-0.39, 0.29) is 10.9 Å². The van der Waals surface area contributed by atoms with E-state index in [1.807, 2.05) is 11.8 Å². The molecule has 2 saturated carbocycles. The lowest BCUT2D eigenvalue weighted by Crippen LogP contribution is -2.56. The molecule has 2 spiro atoms. The highest BCUT2D eigenvalue weighted by Crippen LogP contribution is 2.54. The van der Waals surface area contributed by atoms with Crippen LogP contribution in [-0.4, -0.2) is 27.7 Å². The number of thioether (sulfide) groups is 1. The first-order valence-corrected chi connectivity index (χ1v) is 8.26. The molecule has 0 aromatic heterocycles. The fourth-order valence-electron chi connectivity index (χ4n) is 4.09. The van der Waals surface area contributed by atoms with Gasteiger partial charge in [0.15, 0.2) is 0 Å². The lowest BCUT2D eigenvalue weighted by atomic mass is 9.71. The third-order valence-electron chi connectivity index (χ3n) is 5.30. The minimum atomic E-state index is -0.671. The molecule has 0 aromatic rings. The van der Waals surface area contributed by atoms with Crippen LogP contribution in [0.15, 0.2) is 0 Å². The van der Waals surface area contributed by atoms with E-state index in [1.165, 1.54) is 51.4 Å². The molecular formula is C14H23NO2S. The van der Waals surface area contributed by atoms with Gasteiger partial charge in [-0.05, 0) is 56.1 Å². The average molecular weight is 269 g/mol. The molecule has 3 nitrogen and oxygen atoms in total.